The van der Waals surface area contributed by atoms with Crippen LogP contribution in [0.1, 0.15) is 0 Å². The topological polar surface area (TPSA) is 66.5 Å². The average Bonchev–Trinajstić information content (AvgIpc) is 2.80. The lowest BCUT2D eigenvalue weighted by atomic mass is 10.3. The predicted octanol–water partition coefficient (Wildman–Crippen LogP) is 3.03. The third kappa shape index (κ3) is 2.19. The number of aromatic nitrogens is 4. The molecule has 0 aliphatic heterocycles. The Kier molecular flexibility index (Phi) is 2.75. The van der Waals surface area contributed by atoms with Gasteiger partial charge in [-0.15, -0.1) is 0 Å². The lowest BCUT2D eigenvalue weighted by molar-refractivity contribution is 0.586. The van der Waals surface area contributed by atoms with Crippen LogP contribution in [0.25, 0.3) is 11.2 Å². The minimum Gasteiger partial charge on any atom is -0.340 e. The molecule has 96 valence electrons. The Labute approximate surface area is 110 Å². The fourth-order valence-corrected chi connectivity index (χ4v) is 1.78. The highest BCUT2D eigenvalue weighted by atomic mass is 35.5. The Balaban J connectivity index is 2.07. The number of fused-ring (bicyclic) bond motifs is 1. The third-order valence-electron chi connectivity index (χ3n) is 2.44. The number of halogens is 3. The van der Waals surface area contributed by atoms with Crippen LogP contribution in [0.15, 0.2) is 24.5 Å². The number of rotatable bonds is 2. The zero-order chi connectivity index (χ0) is 13.4. The molecule has 0 aliphatic carbocycles. The summed E-state index contributed by atoms with van der Waals surface area (Å²) in [4.78, 5) is 14.6. The zero-order valence-corrected chi connectivity index (χ0v) is 10.0. The number of nitrogens with zero attached hydrogens (tertiary/aromatic N) is 3. The van der Waals surface area contributed by atoms with Crippen molar-refractivity contribution in [2.24, 2.45) is 0 Å². The molecular formula is C11H6ClF2N5. The molecule has 5 nitrogen and oxygen atoms in total. The van der Waals surface area contributed by atoms with Crippen molar-refractivity contribution in [1.82, 2.24) is 19.9 Å². The molecule has 2 N–H and O–H groups in total. The third-order valence-corrected chi connectivity index (χ3v) is 2.61. The second kappa shape index (κ2) is 4.43. The van der Waals surface area contributed by atoms with Crippen LogP contribution in [0.3, 0.4) is 0 Å². The zero-order valence-electron chi connectivity index (χ0n) is 9.28. The highest BCUT2D eigenvalue weighted by Gasteiger charge is 2.11. The number of hydrogen-bond acceptors (Lipinski definition) is 4. The van der Waals surface area contributed by atoms with E-state index in [2.05, 4.69) is 25.3 Å². The number of imidazole rings is 1. The Morgan fingerprint density at radius 1 is 1.21 bits per heavy atom. The van der Waals surface area contributed by atoms with Gasteiger partial charge in [-0.3, -0.25) is 0 Å². The van der Waals surface area contributed by atoms with Crippen LogP contribution in [-0.2, 0) is 0 Å². The SMILES string of the molecule is Fc1ccc(Nc2nc(Cl)nc3nc[nH]c23)c(F)c1. The maximum absolute atomic E-state index is 13.6. The van der Waals surface area contributed by atoms with Crippen molar-refractivity contribution in [1.29, 1.82) is 0 Å². The van der Waals surface area contributed by atoms with Crippen molar-refractivity contribution in [3.63, 3.8) is 0 Å². The molecule has 0 amide bonds. The van der Waals surface area contributed by atoms with E-state index in [1.807, 2.05) is 0 Å². The summed E-state index contributed by atoms with van der Waals surface area (Å²) in [6, 6.07) is 3.18. The van der Waals surface area contributed by atoms with E-state index >= 15 is 0 Å². The van der Waals surface area contributed by atoms with E-state index in [0.717, 1.165) is 12.1 Å². The molecule has 2 aromatic heterocycles. The van der Waals surface area contributed by atoms with E-state index in [4.69, 9.17) is 11.6 Å². The van der Waals surface area contributed by atoms with Gasteiger partial charge in [0, 0.05) is 6.07 Å². The maximum atomic E-state index is 13.6. The Hall–Kier alpha value is -2.28. The molecule has 0 saturated carbocycles. The molecule has 0 fully saturated rings. The van der Waals surface area contributed by atoms with Crippen molar-refractivity contribution in [3.05, 3.63) is 41.4 Å². The molecule has 0 bridgehead atoms. The van der Waals surface area contributed by atoms with Gasteiger partial charge in [0.1, 0.15) is 17.2 Å². The molecule has 0 spiro atoms. The smallest absolute Gasteiger partial charge is 0.226 e. The Bertz CT molecular complexity index is 758. The first-order valence-electron chi connectivity index (χ1n) is 5.22. The summed E-state index contributed by atoms with van der Waals surface area (Å²) in [5.74, 6) is -1.13. The fourth-order valence-electron chi connectivity index (χ4n) is 1.62. The summed E-state index contributed by atoms with van der Waals surface area (Å²) in [5.41, 5.74) is 0.908. The van der Waals surface area contributed by atoms with E-state index in [0.29, 0.717) is 11.2 Å². The highest BCUT2D eigenvalue weighted by Crippen LogP contribution is 2.24. The monoisotopic (exact) mass is 281 g/mol. The van der Waals surface area contributed by atoms with Crippen molar-refractivity contribution in [3.8, 4) is 0 Å². The van der Waals surface area contributed by atoms with Gasteiger partial charge in [0.2, 0.25) is 5.28 Å². The van der Waals surface area contributed by atoms with Crippen molar-refractivity contribution >= 4 is 34.3 Å². The molecule has 19 heavy (non-hydrogen) atoms. The Morgan fingerprint density at radius 3 is 2.84 bits per heavy atom. The van der Waals surface area contributed by atoms with Gasteiger partial charge in [0.05, 0.1) is 12.0 Å². The molecule has 3 rings (SSSR count). The minimum atomic E-state index is -0.734. The van der Waals surface area contributed by atoms with Gasteiger partial charge in [0.15, 0.2) is 11.5 Å². The molecule has 3 aromatic rings. The van der Waals surface area contributed by atoms with Gasteiger partial charge in [-0.2, -0.15) is 9.97 Å². The second-order valence-electron chi connectivity index (χ2n) is 3.69. The fraction of sp³-hybridized carbons (Fsp3) is 0. The minimum absolute atomic E-state index is 0.0235. The molecule has 8 heteroatoms. The summed E-state index contributed by atoms with van der Waals surface area (Å²) < 4.78 is 26.4. The van der Waals surface area contributed by atoms with Crippen LogP contribution in [0.5, 0.6) is 0 Å². The van der Waals surface area contributed by atoms with Crippen LogP contribution in [-0.4, -0.2) is 19.9 Å². The number of nitrogens with one attached hydrogen (secondary N) is 2. The first-order valence-corrected chi connectivity index (χ1v) is 5.60. The molecular weight excluding hydrogens is 276 g/mol. The van der Waals surface area contributed by atoms with Crippen LogP contribution >= 0.6 is 11.6 Å². The van der Waals surface area contributed by atoms with Crippen LogP contribution in [0, 0.1) is 11.6 Å². The van der Waals surface area contributed by atoms with Crippen molar-refractivity contribution < 1.29 is 8.78 Å². The number of benzene rings is 1. The second-order valence-corrected chi connectivity index (χ2v) is 4.03. The van der Waals surface area contributed by atoms with Gasteiger partial charge in [-0.25, -0.2) is 13.8 Å². The summed E-state index contributed by atoms with van der Waals surface area (Å²) in [6.07, 6.45) is 1.42. The molecule has 0 radical (unpaired) electrons. The van der Waals surface area contributed by atoms with Crippen molar-refractivity contribution in [2.45, 2.75) is 0 Å². The number of H-pyrrole nitrogens is 1. The first-order chi connectivity index (χ1) is 9.13. The number of anilines is 2. The van der Waals surface area contributed by atoms with Crippen LogP contribution < -0.4 is 5.32 Å². The van der Waals surface area contributed by atoms with Gasteiger partial charge in [-0.1, -0.05) is 0 Å². The standard InChI is InChI=1S/C11H6ClF2N5/c12-11-18-9-8(15-4-16-9)10(19-11)17-7-2-1-5(13)3-6(7)14/h1-4H,(H2,15,16,17,18,19). The van der Waals surface area contributed by atoms with E-state index in [1.54, 1.807) is 0 Å². The number of hydrogen-bond donors (Lipinski definition) is 2. The Morgan fingerprint density at radius 2 is 2.05 bits per heavy atom. The molecule has 0 aliphatic rings. The highest BCUT2D eigenvalue weighted by molar-refractivity contribution is 6.28. The van der Waals surface area contributed by atoms with Crippen molar-refractivity contribution in [2.75, 3.05) is 5.32 Å². The molecule has 1 aromatic carbocycles. The van der Waals surface area contributed by atoms with Crippen LogP contribution in [0.2, 0.25) is 5.28 Å². The largest absolute Gasteiger partial charge is 0.340 e. The quantitative estimate of drug-likeness (QED) is 0.709. The van der Waals surface area contributed by atoms with E-state index in [9.17, 15) is 8.78 Å². The number of aromatic amines is 1. The van der Waals surface area contributed by atoms with Gasteiger partial charge >= 0.3 is 0 Å². The van der Waals surface area contributed by atoms with Gasteiger partial charge in [-0.05, 0) is 23.7 Å². The summed E-state index contributed by atoms with van der Waals surface area (Å²) in [5, 5.41) is 2.70. The maximum Gasteiger partial charge on any atom is 0.226 e. The average molecular weight is 282 g/mol. The van der Waals surface area contributed by atoms with Gasteiger partial charge in [0.25, 0.3) is 0 Å². The first kappa shape index (κ1) is 11.8. The predicted molar refractivity (Wildman–Crippen MR) is 66.3 cm³/mol. The molecule has 0 saturated heterocycles. The van der Waals surface area contributed by atoms with E-state index in [-0.39, 0.29) is 16.8 Å². The molecule has 0 unspecified atom stereocenters. The van der Waals surface area contributed by atoms with Gasteiger partial charge < -0.3 is 10.3 Å². The summed E-state index contributed by atoms with van der Waals surface area (Å²) in [6.45, 7) is 0. The normalized spacial score (nSPS) is 10.9. The van der Waals surface area contributed by atoms with E-state index in [1.165, 1.54) is 12.4 Å². The molecule has 0 atom stereocenters. The summed E-state index contributed by atoms with van der Waals surface area (Å²) in [7, 11) is 0. The van der Waals surface area contributed by atoms with E-state index < -0.39 is 11.6 Å². The van der Waals surface area contributed by atoms with Crippen LogP contribution in [0.4, 0.5) is 20.3 Å². The lowest BCUT2D eigenvalue weighted by Crippen LogP contribution is -1.99. The lowest BCUT2D eigenvalue weighted by Gasteiger charge is -2.07. The summed E-state index contributed by atoms with van der Waals surface area (Å²) >= 11 is 5.74. The molecule has 2 heterocycles.